The van der Waals surface area contributed by atoms with Crippen LogP contribution in [0.15, 0.2) is 48.5 Å². The molecule has 1 aliphatic rings. The first-order valence-electron chi connectivity index (χ1n) is 8.40. The van der Waals surface area contributed by atoms with Gasteiger partial charge in [0, 0.05) is 34.0 Å². The van der Waals surface area contributed by atoms with Crippen molar-refractivity contribution in [1.29, 1.82) is 0 Å². The van der Waals surface area contributed by atoms with Crippen molar-refractivity contribution < 1.29 is 14.3 Å². The van der Waals surface area contributed by atoms with Crippen LogP contribution >= 0.6 is 0 Å². The zero-order valence-corrected chi connectivity index (χ0v) is 15.1. The quantitative estimate of drug-likeness (QED) is 0.656. The summed E-state index contributed by atoms with van der Waals surface area (Å²) in [4.78, 5) is 23.9. The predicted molar refractivity (Wildman–Crippen MR) is 101 cm³/mol. The van der Waals surface area contributed by atoms with Crippen LogP contribution in [-0.2, 0) is 6.42 Å². The van der Waals surface area contributed by atoms with Gasteiger partial charge < -0.3 is 15.8 Å². The Labute approximate surface area is 152 Å². The van der Waals surface area contributed by atoms with Crippen molar-refractivity contribution in [2.24, 2.45) is 5.73 Å². The van der Waals surface area contributed by atoms with Crippen molar-refractivity contribution in [2.45, 2.75) is 25.8 Å². The summed E-state index contributed by atoms with van der Waals surface area (Å²) < 4.78 is 5.32. The van der Waals surface area contributed by atoms with E-state index in [-0.39, 0.29) is 11.3 Å². The van der Waals surface area contributed by atoms with Gasteiger partial charge in [-0.05, 0) is 50.1 Å². The van der Waals surface area contributed by atoms with Crippen LogP contribution in [0.5, 0.6) is 5.75 Å². The van der Waals surface area contributed by atoms with E-state index in [0.29, 0.717) is 11.1 Å². The first-order chi connectivity index (χ1) is 12.3. The third-order valence-corrected chi connectivity index (χ3v) is 4.44. The maximum Gasteiger partial charge on any atom is 0.248 e. The van der Waals surface area contributed by atoms with Crippen LogP contribution in [-0.4, -0.2) is 24.3 Å². The molecule has 1 heterocycles. The summed E-state index contributed by atoms with van der Waals surface area (Å²) in [6.45, 7) is 4.19. The minimum atomic E-state index is -0.515. The lowest BCUT2D eigenvalue weighted by atomic mass is 9.85. The van der Waals surface area contributed by atoms with Gasteiger partial charge >= 0.3 is 0 Å². The zero-order valence-electron chi connectivity index (χ0n) is 15.1. The first kappa shape index (κ1) is 17.7. The third-order valence-electron chi connectivity index (χ3n) is 4.44. The molecule has 0 aromatic heterocycles. The van der Waals surface area contributed by atoms with Gasteiger partial charge in [-0.2, -0.15) is 0 Å². The Bertz CT molecular complexity index is 896. The molecule has 5 heteroatoms. The first-order valence-corrected chi connectivity index (χ1v) is 8.40. The second-order valence-corrected chi connectivity index (χ2v) is 7.07. The minimum absolute atomic E-state index is 0.144. The molecule has 3 N–H and O–H groups in total. The number of ether oxygens (including phenoxy) is 1. The van der Waals surface area contributed by atoms with Gasteiger partial charge in [0.25, 0.3) is 0 Å². The van der Waals surface area contributed by atoms with Gasteiger partial charge in [-0.1, -0.05) is 18.2 Å². The fraction of sp³-hybridized carbons (Fsp3) is 0.238. The Morgan fingerprint density at radius 1 is 1.12 bits per heavy atom. The molecular weight excluding hydrogens is 328 g/mol. The fourth-order valence-corrected chi connectivity index (χ4v) is 3.17. The SMILES string of the molecule is COc1ccc2c(c1)/C(=C/C(=O)c1ccc(C(N)=O)cc1)NC(C)(C)C2. The topological polar surface area (TPSA) is 81.4 Å². The van der Waals surface area contributed by atoms with Gasteiger partial charge in [0.05, 0.1) is 7.11 Å². The lowest BCUT2D eigenvalue weighted by molar-refractivity contribution is 0.0997. The number of methoxy groups -OCH3 is 1. The largest absolute Gasteiger partial charge is 0.497 e. The third kappa shape index (κ3) is 3.61. The molecule has 0 unspecified atom stereocenters. The lowest BCUT2D eigenvalue weighted by Gasteiger charge is -2.35. The predicted octanol–water partition coefficient (Wildman–Crippen LogP) is 2.94. The Morgan fingerprint density at radius 2 is 1.77 bits per heavy atom. The highest BCUT2D eigenvalue weighted by Crippen LogP contribution is 2.32. The number of primary amides is 1. The van der Waals surface area contributed by atoms with Gasteiger partial charge in [-0.15, -0.1) is 0 Å². The lowest BCUT2D eigenvalue weighted by Crippen LogP contribution is -2.43. The second kappa shape index (κ2) is 6.67. The van der Waals surface area contributed by atoms with Gasteiger partial charge in [0.15, 0.2) is 5.78 Å². The van der Waals surface area contributed by atoms with E-state index in [1.54, 1.807) is 37.5 Å². The molecule has 2 aromatic rings. The highest BCUT2D eigenvalue weighted by Gasteiger charge is 2.28. The van der Waals surface area contributed by atoms with Crippen LogP contribution in [0, 0.1) is 0 Å². The van der Waals surface area contributed by atoms with Gasteiger partial charge in [-0.25, -0.2) is 0 Å². The van der Waals surface area contributed by atoms with E-state index in [9.17, 15) is 9.59 Å². The highest BCUT2D eigenvalue weighted by molar-refractivity contribution is 6.09. The standard InChI is InChI=1S/C21H22N2O3/c1-21(2)12-15-8-9-16(26-3)10-17(15)18(23-21)11-19(24)13-4-6-14(7-5-13)20(22)25/h4-11,23H,12H2,1-3H3,(H2,22,25)/b18-11-. The average molecular weight is 350 g/mol. The number of benzene rings is 2. The molecule has 0 bridgehead atoms. The van der Waals surface area contributed by atoms with E-state index in [1.165, 1.54) is 0 Å². The number of nitrogens with two attached hydrogens (primary N) is 1. The second-order valence-electron chi connectivity index (χ2n) is 7.07. The van der Waals surface area contributed by atoms with E-state index in [0.717, 1.165) is 29.0 Å². The van der Waals surface area contributed by atoms with E-state index < -0.39 is 5.91 Å². The van der Waals surface area contributed by atoms with Crippen LogP contribution in [0.2, 0.25) is 0 Å². The van der Waals surface area contributed by atoms with Crippen LogP contribution in [0.3, 0.4) is 0 Å². The van der Waals surface area contributed by atoms with Gasteiger partial charge in [0.1, 0.15) is 5.75 Å². The summed E-state index contributed by atoms with van der Waals surface area (Å²) in [7, 11) is 1.62. The van der Waals surface area contributed by atoms with Crippen LogP contribution in [0.25, 0.3) is 5.70 Å². The molecule has 3 rings (SSSR count). The number of fused-ring (bicyclic) bond motifs is 1. The summed E-state index contributed by atoms with van der Waals surface area (Å²) in [6.07, 6.45) is 2.45. The summed E-state index contributed by atoms with van der Waals surface area (Å²) in [5.41, 5.74) is 8.84. The van der Waals surface area contributed by atoms with Crippen molar-refractivity contribution in [1.82, 2.24) is 5.32 Å². The molecule has 134 valence electrons. The number of carbonyl (C=O) groups is 2. The van der Waals surface area contributed by atoms with Gasteiger partial charge in [0.2, 0.25) is 5.91 Å². The molecule has 0 fully saturated rings. The number of allylic oxidation sites excluding steroid dienone is 1. The van der Waals surface area contributed by atoms with Crippen LogP contribution in [0.4, 0.5) is 0 Å². The molecule has 2 aromatic carbocycles. The zero-order chi connectivity index (χ0) is 18.9. The van der Waals surface area contributed by atoms with Crippen molar-refractivity contribution in [3.8, 4) is 5.75 Å². The number of hydrogen-bond acceptors (Lipinski definition) is 4. The number of nitrogens with one attached hydrogen (secondary N) is 1. The van der Waals surface area contributed by atoms with Crippen molar-refractivity contribution >= 4 is 17.4 Å². The van der Waals surface area contributed by atoms with E-state index in [2.05, 4.69) is 19.2 Å². The maximum atomic E-state index is 12.7. The Hall–Kier alpha value is -3.08. The molecule has 26 heavy (non-hydrogen) atoms. The Morgan fingerprint density at radius 3 is 2.38 bits per heavy atom. The number of amides is 1. The van der Waals surface area contributed by atoms with Crippen LogP contribution in [0.1, 0.15) is 45.7 Å². The normalized spacial score (nSPS) is 16.5. The summed E-state index contributed by atoms with van der Waals surface area (Å²) in [6, 6.07) is 12.2. The molecule has 0 saturated heterocycles. The monoisotopic (exact) mass is 350 g/mol. The number of carbonyl (C=O) groups excluding carboxylic acids is 2. The highest BCUT2D eigenvalue weighted by atomic mass is 16.5. The smallest absolute Gasteiger partial charge is 0.248 e. The number of ketones is 1. The van der Waals surface area contributed by atoms with Gasteiger partial charge in [-0.3, -0.25) is 9.59 Å². The average Bonchev–Trinajstić information content (AvgIpc) is 2.60. The molecule has 5 nitrogen and oxygen atoms in total. The fourth-order valence-electron chi connectivity index (χ4n) is 3.17. The molecule has 1 aliphatic heterocycles. The summed E-state index contributed by atoms with van der Waals surface area (Å²) in [5, 5.41) is 3.44. The molecule has 0 aliphatic carbocycles. The Balaban J connectivity index is 1.99. The Kier molecular flexibility index (Phi) is 4.55. The molecule has 0 radical (unpaired) electrons. The number of hydrogen-bond donors (Lipinski definition) is 2. The van der Waals surface area contributed by atoms with E-state index in [1.807, 2.05) is 18.2 Å². The molecular formula is C21H22N2O3. The summed E-state index contributed by atoms with van der Waals surface area (Å²) in [5.74, 6) is 0.0866. The summed E-state index contributed by atoms with van der Waals surface area (Å²) >= 11 is 0. The van der Waals surface area contributed by atoms with E-state index >= 15 is 0 Å². The minimum Gasteiger partial charge on any atom is -0.497 e. The molecule has 1 amide bonds. The van der Waals surface area contributed by atoms with E-state index in [4.69, 9.17) is 10.5 Å². The molecule has 0 spiro atoms. The number of rotatable bonds is 4. The van der Waals surface area contributed by atoms with Crippen molar-refractivity contribution in [3.05, 3.63) is 70.8 Å². The molecule has 0 atom stereocenters. The van der Waals surface area contributed by atoms with Crippen LogP contribution < -0.4 is 15.8 Å². The van der Waals surface area contributed by atoms with Crippen molar-refractivity contribution in [2.75, 3.05) is 7.11 Å². The van der Waals surface area contributed by atoms with Crippen molar-refractivity contribution in [3.63, 3.8) is 0 Å². The maximum absolute atomic E-state index is 12.7. The molecule has 0 saturated carbocycles.